The molecule has 2 fully saturated rings. The van der Waals surface area contributed by atoms with Gasteiger partial charge in [0.15, 0.2) is 8.32 Å². The predicted octanol–water partition coefficient (Wildman–Crippen LogP) is 4.49. The van der Waals surface area contributed by atoms with Crippen LogP contribution in [0.5, 0.6) is 0 Å². The zero-order valence-corrected chi connectivity index (χ0v) is 22.3. The summed E-state index contributed by atoms with van der Waals surface area (Å²) < 4.78 is 71.9. The van der Waals surface area contributed by atoms with Crippen LogP contribution in [0.15, 0.2) is 0 Å². The lowest BCUT2D eigenvalue weighted by atomic mass is 10.4. The fourth-order valence-corrected chi connectivity index (χ4v) is 15.8. The summed E-state index contributed by atoms with van der Waals surface area (Å²) in [5.41, 5.74) is 0. The number of halogens is 3. The molecule has 2 aliphatic rings. The second kappa shape index (κ2) is 13.2. The van der Waals surface area contributed by atoms with Gasteiger partial charge >= 0.3 is 14.7 Å². The maximum absolute atomic E-state index is 12.2. The smallest absolute Gasteiger partial charge is 0.391 e. The van der Waals surface area contributed by atoms with Crippen LogP contribution in [0.4, 0.5) is 13.2 Å². The second-order valence-corrected chi connectivity index (χ2v) is 18.9. The van der Waals surface area contributed by atoms with Gasteiger partial charge in [-0.3, -0.25) is 0 Å². The van der Waals surface area contributed by atoms with Crippen molar-refractivity contribution >= 4 is 26.2 Å². The van der Waals surface area contributed by atoms with E-state index in [1.54, 1.807) is 0 Å². The lowest BCUT2D eigenvalue weighted by molar-refractivity contribution is -0.145. The first-order chi connectivity index (χ1) is 14.6. The molecule has 0 aromatic rings. The number of hydrogen-bond donors (Lipinski definition) is 0. The maximum Gasteiger partial charge on any atom is 0.391 e. The van der Waals surface area contributed by atoms with Gasteiger partial charge in [0.2, 0.25) is 0 Å². The third-order valence-electron chi connectivity index (χ3n) is 5.52. The fourth-order valence-electron chi connectivity index (χ4n) is 3.79. The molecule has 0 bridgehead atoms. The van der Waals surface area contributed by atoms with Gasteiger partial charge in [0.05, 0.1) is 26.2 Å². The zero-order valence-electron chi connectivity index (χ0n) is 19.1. The number of rotatable bonds is 12. The van der Waals surface area contributed by atoms with Crippen LogP contribution in [0.2, 0.25) is 37.8 Å². The Morgan fingerprint density at radius 3 is 2.42 bits per heavy atom. The highest BCUT2D eigenvalue weighted by molar-refractivity contribution is 6.81. The minimum atomic E-state index is -4.16. The highest BCUT2D eigenvalue weighted by Gasteiger charge is 2.38. The van der Waals surface area contributed by atoms with Crippen molar-refractivity contribution in [2.24, 2.45) is 0 Å². The summed E-state index contributed by atoms with van der Waals surface area (Å²) >= 11 is 0. The average molecular weight is 505 g/mol. The molecule has 184 valence electrons. The molecular weight excluding hydrogens is 465 g/mol. The van der Waals surface area contributed by atoms with E-state index in [2.05, 4.69) is 19.6 Å². The van der Waals surface area contributed by atoms with E-state index in [-0.39, 0.29) is 12.7 Å². The van der Waals surface area contributed by atoms with Gasteiger partial charge in [0, 0.05) is 19.8 Å². The lowest BCUT2D eigenvalue weighted by Gasteiger charge is -2.37. The van der Waals surface area contributed by atoms with Gasteiger partial charge in [-0.05, 0) is 57.0 Å². The van der Waals surface area contributed by atoms with Gasteiger partial charge in [0.1, 0.15) is 6.10 Å². The lowest BCUT2D eigenvalue weighted by Crippen LogP contribution is -2.49. The largest absolute Gasteiger partial charge is 0.438 e. The molecule has 0 amide bonds. The normalized spacial score (nSPS) is 32.7. The fraction of sp³-hybridized carbons (Fsp3) is 1.00. The Kier molecular flexibility index (Phi) is 11.7. The Hall–Kier alpha value is 0.201. The summed E-state index contributed by atoms with van der Waals surface area (Å²) in [5, 5.41) is 0. The Labute approximate surface area is 188 Å². The maximum atomic E-state index is 12.2. The minimum absolute atomic E-state index is 0.268. The van der Waals surface area contributed by atoms with Crippen LogP contribution in [-0.2, 0) is 26.9 Å². The summed E-state index contributed by atoms with van der Waals surface area (Å²) in [5.74, 6) is 0. The monoisotopic (exact) mass is 504 g/mol. The molecule has 2 aliphatic heterocycles. The highest BCUT2D eigenvalue weighted by Crippen LogP contribution is 2.28. The van der Waals surface area contributed by atoms with E-state index < -0.39 is 38.8 Å². The summed E-state index contributed by atoms with van der Waals surface area (Å²) in [4.78, 5) is 0. The van der Waals surface area contributed by atoms with E-state index in [4.69, 9.17) is 26.9 Å². The summed E-state index contributed by atoms with van der Waals surface area (Å²) in [6.07, 6.45) is -1.10. The van der Waals surface area contributed by atoms with Crippen LogP contribution in [0, 0.1) is 0 Å². The van der Waals surface area contributed by atoms with Crippen LogP contribution in [0.25, 0.3) is 0 Å². The summed E-state index contributed by atoms with van der Waals surface area (Å²) in [7, 11) is -6.17. The number of alkyl halides is 3. The molecule has 0 aromatic carbocycles. The predicted molar refractivity (Wildman–Crippen MR) is 119 cm³/mol. The zero-order chi connectivity index (χ0) is 22.8. The SMILES string of the molecule is C[SiH]1O[Si](C)(CCCOCCC(F)(F)F)CCCCO[Si](C)(CCCOCC2CO2)O1. The first kappa shape index (κ1) is 27.4. The molecule has 31 heavy (non-hydrogen) atoms. The van der Waals surface area contributed by atoms with Crippen molar-refractivity contribution in [3.05, 3.63) is 0 Å². The summed E-state index contributed by atoms with van der Waals surface area (Å²) in [6.45, 7) is 9.37. The van der Waals surface area contributed by atoms with Crippen LogP contribution >= 0.6 is 0 Å². The molecule has 0 saturated carbocycles. The van der Waals surface area contributed by atoms with E-state index >= 15 is 0 Å². The standard InChI is InChI=1S/C19H39F3O6Si3/c1-29-27-30(2,14-6-9-23-12-8-19(20,21)22)13-5-4-11-26-31(3,28-29)15-7-10-24-16-18-17-25-18/h18,29H,4-17H2,1-3H3. The topological polar surface area (TPSA) is 58.7 Å². The third-order valence-corrected chi connectivity index (χ3v) is 17.3. The molecular formula is C19H39F3O6Si3. The van der Waals surface area contributed by atoms with Crippen LogP contribution in [0.3, 0.4) is 0 Å². The molecule has 0 spiro atoms. The van der Waals surface area contributed by atoms with Gasteiger partial charge < -0.3 is 26.9 Å². The molecule has 4 atom stereocenters. The van der Waals surface area contributed by atoms with Crippen molar-refractivity contribution in [1.82, 2.24) is 0 Å². The molecule has 2 saturated heterocycles. The van der Waals surface area contributed by atoms with Crippen molar-refractivity contribution in [2.75, 3.05) is 39.6 Å². The van der Waals surface area contributed by atoms with Crippen LogP contribution < -0.4 is 0 Å². The number of hydrogen-bond acceptors (Lipinski definition) is 6. The van der Waals surface area contributed by atoms with E-state index in [1.165, 1.54) is 0 Å². The Morgan fingerprint density at radius 1 is 1.00 bits per heavy atom. The Morgan fingerprint density at radius 2 is 1.71 bits per heavy atom. The molecule has 0 N–H and O–H groups in total. The van der Waals surface area contributed by atoms with Crippen molar-refractivity contribution in [3.63, 3.8) is 0 Å². The van der Waals surface area contributed by atoms with Gasteiger partial charge in [-0.25, -0.2) is 0 Å². The molecule has 2 rings (SSSR count). The highest BCUT2D eigenvalue weighted by atomic mass is 28.5. The molecule has 2 heterocycles. The van der Waals surface area contributed by atoms with Crippen LogP contribution in [-0.4, -0.2) is 78.1 Å². The van der Waals surface area contributed by atoms with Crippen molar-refractivity contribution < 1.29 is 40.0 Å². The molecule has 6 nitrogen and oxygen atoms in total. The van der Waals surface area contributed by atoms with E-state index in [1.807, 2.05) is 0 Å². The van der Waals surface area contributed by atoms with Crippen LogP contribution in [0.1, 0.15) is 32.1 Å². The number of epoxide rings is 1. The molecule has 0 aliphatic carbocycles. The summed E-state index contributed by atoms with van der Waals surface area (Å²) in [6, 6.07) is 2.79. The van der Waals surface area contributed by atoms with Gasteiger partial charge in [0.25, 0.3) is 9.28 Å². The first-order valence-corrected chi connectivity index (χ1v) is 18.9. The third kappa shape index (κ3) is 12.9. The van der Waals surface area contributed by atoms with Gasteiger partial charge in [-0.15, -0.1) is 0 Å². The molecule has 0 radical (unpaired) electrons. The van der Waals surface area contributed by atoms with Crippen molar-refractivity contribution in [2.45, 2.75) is 82.2 Å². The first-order valence-electron chi connectivity index (χ1n) is 11.4. The second-order valence-electron chi connectivity index (χ2n) is 8.91. The molecule has 4 unspecified atom stereocenters. The van der Waals surface area contributed by atoms with E-state index in [9.17, 15) is 13.2 Å². The van der Waals surface area contributed by atoms with Crippen molar-refractivity contribution in [3.8, 4) is 0 Å². The van der Waals surface area contributed by atoms with E-state index in [0.717, 1.165) is 50.4 Å². The molecule has 0 aromatic heterocycles. The quantitative estimate of drug-likeness (QED) is 0.222. The minimum Gasteiger partial charge on any atom is -0.438 e. The average Bonchev–Trinajstić information content (AvgIpc) is 3.47. The van der Waals surface area contributed by atoms with Gasteiger partial charge in [-0.2, -0.15) is 13.2 Å². The van der Waals surface area contributed by atoms with Gasteiger partial charge in [-0.1, -0.05) is 6.42 Å². The molecule has 12 heteroatoms. The number of ether oxygens (including phenoxy) is 3. The Bertz CT molecular complexity index is 515. The Balaban J connectivity index is 1.73. The van der Waals surface area contributed by atoms with Crippen molar-refractivity contribution in [1.29, 1.82) is 0 Å². The van der Waals surface area contributed by atoms with E-state index in [0.29, 0.717) is 26.4 Å².